The molecule has 1 atom stereocenters. The Kier molecular flexibility index (Phi) is 5.10. The first-order valence-corrected chi connectivity index (χ1v) is 9.76. The molecule has 0 radical (unpaired) electrons. The highest BCUT2D eigenvalue weighted by molar-refractivity contribution is 7.89. The van der Waals surface area contributed by atoms with Crippen molar-refractivity contribution in [2.75, 3.05) is 19.7 Å². The van der Waals surface area contributed by atoms with Crippen LogP contribution in [0, 0.1) is 12.8 Å². The Morgan fingerprint density at radius 1 is 1.16 bits per heavy atom. The molecule has 1 aromatic carbocycles. The van der Waals surface area contributed by atoms with Crippen LogP contribution in [0.15, 0.2) is 29.2 Å². The quantitative estimate of drug-likeness (QED) is 0.744. The fourth-order valence-electron chi connectivity index (χ4n) is 3.01. The molecule has 1 aromatic rings. The number of cyclic esters (lactones) is 1. The Balaban J connectivity index is 1.58. The van der Waals surface area contributed by atoms with Gasteiger partial charge in [0.05, 0.1) is 17.4 Å². The molecule has 0 unspecified atom stereocenters. The van der Waals surface area contributed by atoms with E-state index in [0.29, 0.717) is 19.3 Å². The molecule has 2 aliphatic heterocycles. The summed E-state index contributed by atoms with van der Waals surface area (Å²) < 4.78 is 36.7. The molecule has 136 valence electrons. The highest BCUT2D eigenvalue weighted by Gasteiger charge is 2.36. The van der Waals surface area contributed by atoms with Crippen LogP contribution in [0.3, 0.4) is 0 Å². The molecule has 0 aromatic heterocycles. The van der Waals surface area contributed by atoms with E-state index < -0.39 is 34.0 Å². The van der Waals surface area contributed by atoms with Crippen LogP contribution in [0.25, 0.3) is 0 Å². The second-order valence-corrected chi connectivity index (χ2v) is 8.31. The summed E-state index contributed by atoms with van der Waals surface area (Å²) in [7, 11) is -3.55. The third kappa shape index (κ3) is 3.85. The molecule has 0 amide bonds. The van der Waals surface area contributed by atoms with Crippen molar-refractivity contribution in [1.82, 2.24) is 4.31 Å². The Labute approximate surface area is 147 Å². The number of aryl methyl sites for hydroxylation is 1. The van der Waals surface area contributed by atoms with Gasteiger partial charge in [0.2, 0.25) is 16.1 Å². The zero-order valence-electron chi connectivity index (χ0n) is 14.0. The van der Waals surface area contributed by atoms with Gasteiger partial charge in [-0.2, -0.15) is 4.31 Å². The standard InChI is InChI=1S/C17H21NO6S/c1-12-2-4-14(5-3-12)25(21,22)18-9-6-13(7-10-18)16(19)24-15-8-11-23-17(15)20/h2-5,13,15H,6-11H2,1H3/t15-/m0/s1. The summed E-state index contributed by atoms with van der Waals surface area (Å²) in [5.74, 6) is -1.35. The van der Waals surface area contributed by atoms with E-state index in [9.17, 15) is 18.0 Å². The number of nitrogens with zero attached hydrogens (tertiary/aromatic N) is 1. The second kappa shape index (κ2) is 7.13. The minimum atomic E-state index is -3.55. The molecule has 7 nitrogen and oxygen atoms in total. The number of carbonyl (C=O) groups is 2. The first-order valence-electron chi connectivity index (χ1n) is 8.32. The van der Waals surface area contributed by atoms with Crippen molar-refractivity contribution in [2.45, 2.75) is 37.2 Å². The second-order valence-electron chi connectivity index (χ2n) is 6.37. The van der Waals surface area contributed by atoms with Gasteiger partial charge in [-0.05, 0) is 31.9 Å². The van der Waals surface area contributed by atoms with Gasteiger partial charge in [0.25, 0.3) is 0 Å². The molecule has 8 heteroatoms. The maximum atomic E-state index is 12.6. The molecule has 0 N–H and O–H groups in total. The minimum Gasteiger partial charge on any atom is -0.463 e. The van der Waals surface area contributed by atoms with Crippen LogP contribution >= 0.6 is 0 Å². The normalized spacial score (nSPS) is 22.6. The molecule has 3 rings (SSSR count). The van der Waals surface area contributed by atoms with Crippen molar-refractivity contribution < 1.29 is 27.5 Å². The smallest absolute Gasteiger partial charge is 0.347 e. The molecule has 0 aliphatic carbocycles. The monoisotopic (exact) mass is 367 g/mol. The van der Waals surface area contributed by atoms with E-state index in [1.165, 1.54) is 4.31 Å². The third-order valence-electron chi connectivity index (χ3n) is 4.59. The summed E-state index contributed by atoms with van der Waals surface area (Å²) in [6.07, 6.45) is 0.324. The number of hydrogen-bond donors (Lipinski definition) is 0. The Hall–Kier alpha value is -1.93. The van der Waals surface area contributed by atoms with E-state index in [1.807, 2.05) is 6.92 Å². The van der Waals surface area contributed by atoms with Gasteiger partial charge in [0.1, 0.15) is 0 Å². The molecule has 2 saturated heterocycles. The number of benzene rings is 1. The van der Waals surface area contributed by atoms with Crippen LogP contribution in [0.4, 0.5) is 0 Å². The van der Waals surface area contributed by atoms with Crippen molar-refractivity contribution in [1.29, 1.82) is 0 Å². The van der Waals surface area contributed by atoms with Gasteiger partial charge in [-0.1, -0.05) is 17.7 Å². The lowest BCUT2D eigenvalue weighted by atomic mass is 9.98. The van der Waals surface area contributed by atoms with E-state index >= 15 is 0 Å². The molecule has 2 heterocycles. The molecule has 2 aliphatic rings. The van der Waals surface area contributed by atoms with Crippen molar-refractivity contribution >= 4 is 22.0 Å². The molecular weight excluding hydrogens is 346 g/mol. The molecule has 2 fully saturated rings. The van der Waals surface area contributed by atoms with Crippen molar-refractivity contribution in [3.8, 4) is 0 Å². The van der Waals surface area contributed by atoms with Gasteiger partial charge < -0.3 is 9.47 Å². The highest BCUT2D eigenvalue weighted by Crippen LogP contribution is 2.25. The van der Waals surface area contributed by atoms with Crippen molar-refractivity contribution in [3.05, 3.63) is 29.8 Å². The van der Waals surface area contributed by atoms with Gasteiger partial charge in [-0.15, -0.1) is 0 Å². The molecular formula is C17H21NO6S. The summed E-state index contributed by atoms with van der Waals surface area (Å²) in [5.41, 5.74) is 0.992. The highest BCUT2D eigenvalue weighted by atomic mass is 32.2. The molecule has 0 bridgehead atoms. The fraction of sp³-hybridized carbons (Fsp3) is 0.529. The number of sulfonamides is 1. The number of hydrogen-bond acceptors (Lipinski definition) is 6. The molecule has 0 spiro atoms. The fourth-order valence-corrected chi connectivity index (χ4v) is 4.48. The first kappa shape index (κ1) is 17.9. The van der Waals surface area contributed by atoms with E-state index in [2.05, 4.69) is 0 Å². The lowest BCUT2D eigenvalue weighted by molar-refractivity contribution is -0.164. The predicted molar refractivity (Wildman–Crippen MR) is 88.1 cm³/mol. The summed E-state index contributed by atoms with van der Waals surface area (Å²) in [6.45, 7) is 2.67. The summed E-state index contributed by atoms with van der Waals surface area (Å²) in [6, 6.07) is 6.71. The zero-order chi connectivity index (χ0) is 18.0. The van der Waals surface area contributed by atoms with E-state index in [4.69, 9.17) is 9.47 Å². The lowest BCUT2D eigenvalue weighted by Gasteiger charge is -2.30. The van der Waals surface area contributed by atoms with Gasteiger partial charge in [-0.3, -0.25) is 4.79 Å². The maximum absolute atomic E-state index is 12.6. The molecule has 0 saturated carbocycles. The average Bonchev–Trinajstić information content (AvgIpc) is 3.00. The number of ether oxygens (including phenoxy) is 2. The number of piperidine rings is 1. The van der Waals surface area contributed by atoms with E-state index in [1.54, 1.807) is 24.3 Å². The molecule has 25 heavy (non-hydrogen) atoms. The average molecular weight is 367 g/mol. The Morgan fingerprint density at radius 3 is 2.36 bits per heavy atom. The largest absolute Gasteiger partial charge is 0.463 e. The Morgan fingerprint density at radius 2 is 1.80 bits per heavy atom. The third-order valence-corrected chi connectivity index (χ3v) is 6.50. The summed E-state index contributed by atoms with van der Waals surface area (Å²) in [5, 5.41) is 0. The topological polar surface area (TPSA) is 90.0 Å². The van der Waals surface area contributed by atoms with Gasteiger partial charge in [-0.25, -0.2) is 13.2 Å². The Bertz CT molecular complexity index is 750. The van der Waals surface area contributed by atoms with Crippen LogP contribution in [-0.2, 0) is 29.1 Å². The first-order chi connectivity index (χ1) is 11.9. The van der Waals surface area contributed by atoms with Gasteiger partial charge in [0, 0.05) is 19.5 Å². The zero-order valence-corrected chi connectivity index (χ0v) is 14.8. The van der Waals surface area contributed by atoms with Crippen LogP contribution < -0.4 is 0 Å². The lowest BCUT2D eigenvalue weighted by Crippen LogP contribution is -2.41. The summed E-state index contributed by atoms with van der Waals surface area (Å²) in [4.78, 5) is 23.8. The number of rotatable bonds is 4. The van der Waals surface area contributed by atoms with Crippen LogP contribution in [0.1, 0.15) is 24.8 Å². The minimum absolute atomic E-state index is 0.255. The van der Waals surface area contributed by atoms with E-state index in [0.717, 1.165) is 5.56 Å². The van der Waals surface area contributed by atoms with Gasteiger partial charge in [0.15, 0.2) is 0 Å². The van der Waals surface area contributed by atoms with Crippen LogP contribution in [0.2, 0.25) is 0 Å². The van der Waals surface area contributed by atoms with Crippen molar-refractivity contribution in [3.63, 3.8) is 0 Å². The SMILES string of the molecule is Cc1ccc(S(=O)(=O)N2CCC(C(=O)O[C@H]3CCOC3=O)CC2)cc1. The van der Waals surface area contributed by atoms with Crippen LogP contribution in [0.5, 0.6) is 0 Å². The summed E-state index contributed by atoms with van der Waals surface area (Å²) >= 11 is 0. The van der Waals surface area contributed by atoms with Crippen molar-refractivity contribution in [2.24, 2.45) is 5.92 Å². The number of carbonyl (C=O) groups excluding carboxylic acids is 2. The number of esters is 2. The van der Waals surface area contributed by atoms with E-state index in [-0.39, 0.29) is 24.6 Å². The van der Waals surface area contributed by atoms with Gasteiger partial charge >= 0.3 is 11.9 Å². The predicted octanol–water partition coefficient (Wildman–Crippen LogP) is 1.25. The maximum Gasteiger partial charge on any atom is 0.347 e. The van der Waals surface area contributed by atoms with Crippen LogP contribution in [-0.4, -0.2) is 50.5 Å².